The minimum absolute atomic E-state index is 0.144. The summed E-state index contributed by atoms with van der Waals surface area (Å²) in [5, 5.41) is 11.2. The molecule has 0 bridgehead atoms. The Labute approximate surface area is 183 Å². The van der Waals surface area contributed by atoms with Gasteiger partial charge in [-0.05, 0) is 59.9 Å². The number of hydrogen-bond acceptors (Lipinski definition) is 4. The van der Waals surface area contributed by atoms with E-state index in [9.17, 15) is 13.5 Å². The van der Waals surface area contributed by atoms with Gasteiger partial charge in [0.05, 0.1) is 16.9 Å². The van der Waals surface area contributed by atoms with Gasteiger partial charge in [0.2, 0.25) is 0 Å². The monoisotopic (exact) mass is 431 g/mol. The number of aliphatic hydroxyl groups is 1. The van der Waals surface area contributed by atoms with Gasteiger partial charge in [-0.25, -0.2) is 8.42 Å². The van der Waals surface area contributed by atoms with E-state index < -0.39 is 14.6 Å². The molecule has 1 heterocycles. The van der Waals surface area contributed by atoms with Crippen LogP contribution in [-0.2, 0) is 21.2 Å². The molecule has 0 unspecified atom stereocenters. The molecule has 0 spiro atoms. The van der Waals surface area contributed by atoms with E-state index in [4.69, 9.17) is 0 Å². The highest BCUT2D eigenvalue weighted by atomic mass is 32.2. The summed E-state index contributed by atoms with van der Waals surface area (Å²) in [7, 11) is -3.36. The fourth-order valence-corrected chi connectivity index (χ4v) is 4.40. The fraction of sp³-hybridized carbons (Fsp3) is 0.192. The van der Waals surface area contributed by atoms with Crippen molar-refractivity contribution in [2.24, 2.45) is 0 Å². The molecule has 1 aromatic heterocycles. The van der Waals surface area contributed by atoms with E-state index in [2.05, 4.69) is 4.98 Å². The molecular formula is C26H25NO3S. The third-order valence-corrected chi connectivity index (χ3v) is 8.13. The summed E-state index contributed by atoms with van der Waals surface area (Å²) in [6.07, 6.45) is 2.99. The largest absolute Gasteiger partial charge is 0.392 e. The van der Waals surface area contributed by atoms with E-state index >= 15 is 0 Å². The Bertz CT molecular complexity index is 1360. The molecule has 0 saturated carbocycles. The van der Waals surface area contributed by atoms with Crippen molar-refractivity contribution in [2.45, 2.75) is 25.2 Å². The topological polar surface area (TPSA) is 67.3 Å². The third kappa shape index (κ3) is 3.75. The average Bonchev–Trinajstić information content (AvgIpc) is 2.77. The predicted octanol–water partition coefficient (Wildman–Crippen LogP) is 5.34. The predicted molar refractivity (Wildman–Crippen MR) is 126 cm³/mol. The summed E-state index contributed by atoms with van der Waals surface area (Å²) in [6, 6.07) is 23.4. The van der Waals surface area contributed by atoms with E-state index in [1.165, 1.54) is 6.26 Å². The molecule has 4 rings (SSSR count). The van der Waals surface area contributed by atoms with Crippen LogP contribution in [0.15, 0.2) is 79.0 Å². The van der Waals surface area contributed by atoms with Crippen LogP contribution in [0.3, 0.4) is 0 Å². The molecule has 3 aromatic carbocycles. The maximum atomic E-state index is 12.5. The summed E-state index contributed by atoms with van der Waals surface area (Å²) in [4.78, 5) is 4.59. The van der Waals surface area contributed by atoms with Crippen molar-refractivity contribution in [2.75, 3.05) is 6.26 Å². The number of aliphatic hydroxyl groups excluding tert-OH is 1. The summed E-state index contributed by atoms with van der Waals surface area (Å²) in [6.45, 7) is 3.29. The zero-order chi connectivity index (χ0) is 22.2. The van der Waals surface area contributed by atoms with Gasteiger partial charge in [0.15, 0.2) is 9.84 Å². The molecule has 1 N–H and O–H groups in total. The zero-order valence-corrected chi connectivity index (χ0v) is 18.6. The van der Waals surface area contributed by atoms with Gasteiger partial charge >= 0.3 is 0 Å². The van der Waals surface area contributed by atoms with Gasteiger partial charge in [0.25, 0.3) is 0 Å². The Balaban J connectivity index is 2.05. The molecule has 4 nitrogen and oxygen atoms in total. The minimum Gasteiger partial charge on any atom is -0.392 e. The van der Waals surface area contributed by atoms with Crippen LogP contribution in [0, 0.1) is 0 Å². The first-order valence-electron chi connectivity index (χ1n) is 10.1. The zero-order valence-electron chi connectivity index (χ0n) is 17.8. The van der Waals surface area contributed by atoms with Crippen molar-refractivity contribution in [3.05, 3.63) is 90.1 Å². The summed E-state index contributed by atoms with van der Waals surface area (Å²) in [5.74, 6) is 0. The molecule has 0 atom stereocenters. The molecule has 4 aromatic rings. The first-order valence-corrected chi connectivity index (χ1v) is 12.0. The molecule has 0 amide bonds. The molecule has 5 heteroatoms. The molecule has 0 fully saturated rings. The standard InChI is InChI=1S/C26H25NO3S/c1-26(2,31(3,29)30)20-15-19-11-8-14-27-25(19)23(16-20)22-13-7-12-21(24(22)17-28)18-9-5-4-6-10-18/h4-16,28H,17H2,1-3H3. The number of nitrogens with zero attached hydrogens (tertiary/aromatic N) is 1. The molecule has 0 saturated heterocycles. The second-order valence-corrected chi connectivity index (χ2v) is 10.8. The number of rotatable bonds is 5. The van der Waals surface area contributed by atoms with Crippen LogP contribution >= 0.6 is 0 Å². The first kappa shape index (κ1) is 21.2. The van der Waals surface area contributed by atoms with Crippen LogP contribution in [0.2, 0.25) is 0 Å². The molecule has 0 aliphatic carbocycles. The summed E-state index contributed by atoms with van der Waals surface area (Å²) >= 11 is 0. The Kier molecular flexibility index (Phi) is 5.42. The molecule has 158 valence electrons. The van der Waals surface area contributed by atoms with E-state index in [0.29, 0.717) is 5.56 Å². The van der Waals surface area contributed by atoms with Gasteiger partial charge in [-0.2, -0.15) is 0 Å². The van der Waals surface area contributed by atoms with Gasteiger partial charge in [-0.3, -0.25) is 4.98 Å². The smallest absolute Gasteiger partial charge is 0.156 e. The third-order valence-electron chi connectivity index (χ3n) is 6.04. The maximum absolute atomic E-state index is 12.5. The lowest BCUT2D eigenvalue weighted by atomic mass is 9.88. The highest BCUT2D eigenvalue weighted by molar-refractivity contribution is 7.91. The first-order chi connectivity index (χ1) is 14.7. The van der Waals surface area contributed by atoms with Crippen molar-refractivity contribution in [1.82, 2.24) is 4.98 Å². The molecule has 0 aliphatic rings. The van der Waals surface area contributed by atoms with Crippen molar-refractivity contribution >= 4 is 20.7 Å². The lowest BCUT2D eigenvalue weighted by molar-refractivity contribution is 0.283. The Morgan fingerprint density at radius 1 is 0.871 bits per heavy atom. The summed E-state index contributed by atoms with van der Waals surface area (Å²) in [5.41, 5.74) is 5.87. The lowest BCUT2D eigenvalue weighted by Gasteiger charge is -2.25. The van der Waals surface area contributed by atoms with Gasteiger partial charge in [-0.15, -0.1) is 0 Å². The number of pyridine rings is 1. The quantitative estimate of drug-likeness (QED) is 0.463. The van der Waals surface area contributed by atoms with Crippen LogP contribution in [0.4, 0.5) is 0 Å². The van der Waals surface area contributed by atoms with E-state index in [-0.39, 0.29) is 6.61 Å². The maximum Gasteiger partial charge on any atom is 0.156 e. The number of fused-ring (bicyclic) bond motifs is 1. The van der Waals surface area contributed by atoms with Crippen LogP contribution < -0.4 is 0 Å². The molecule has 31 heavy (non-hydrogen) atoms. The average molecular weight is 432 g/mol. The number of hydrogen-bond donors (Lipinski definition) is 1. The van der Waals surface area contributed by atoms with E-state index in [0.717, 1.165) is 38.7 Å². The highest BCUT2D eigenvalue weighted by Crippen LogP contribution is 2.39. The van der Waals surface area contributed by atoms with E-state index in [1.54, 1.807) is 20.0 Å². The van der Waals surface area contributed by atoms with Crippen LogP contribution in [0.25, 0.3) is 33.2 Å². The van der Waals surface area contributed by atoms with Crippen molar-refractivity contribution in [3.8, 4) is 22.3 Å². The second-order valence-electron chi connectivity index (χ2n) is 8.24. The van der Waals surface area contributed by atoms with Gasteiger partial charge in [-0.1, -0.05) is 54.6 Å². The molecule has 0 radical (unpaired) electrons. The minimum atomic E-state index is -3.36. The van der Waals surface area contributed by atoms with Gasteiger partial charge in [0, 0.05) is 23.4 Å². The van der Waals surface area contributed by atoms with Gasteiger partial charge in [0.1, 0.15) is 0 Å². The number of sulfone groups is 1. The van der Waals surface area contributed by atoms with Crippen molar-refractivity contribution < 1.29 is 13.5 Å². The van der Waals surface area contributed by atoms with Crippen molar-refractivity contribution in [3.63, 3.8) is 0 Å². The van der Waals surface area contributed by atoms with E-state index in [1.807, 2.05) is 72.8 Å². The normalized spacial score (nSPS) is 12.3. The molecular weight excluding hydrogens is 406 g/mol. The SMILES string of the molecule is CC(C)(c1cc(-c2cccc(-c3ccccc3)c2CO)c2ncccc2c1)S(C)(=O)=O. The van der Waals surface area contributed by atoms with Crippen molar-refractivity contribution in [1.29, 1.82) is 0 Å². The number of benzene rings is 3. The molecule has 0 aliphatic heterocycles. The lowest BCUT2D eigenvalue weighted by Crippen LogP contribution is -2.28. The fourth-order valence-electron chi connectivity index (χ4n) is 3.86. The highest BCUT2D eigenvalue weighted by Gasteiger charge is 2.33. The Hall–Kier alpha value is -3.02. The second kappa shape index (κ2) is 7.91. The number of aromatic nitrogens is 1. The van der Waals surface area contributed by atoms with Gasteiger partial charge < -0.3 is 5.11 Å². The van der Waals surface area contributed by atoms with Crippen LogP contribution in [0.1, 0.15) is 25.0 Å². The Morgan fingerprint density at radius 3 is 2.26 bits per heavy atom. The Morgan fingerprint density at radius 2 is 1.58 bits per heavy atom. The van der Waals surface area contributed by atoms with Crippen LogP contribution in [-0.4, -0.2) is 24.8 Å². The van der Waals surface area contributed by atoms with Crippen LogP contribution in [0.5, 0.6) is 0 Å². The summed E-state index contributed by atoms with van der Waals surface area (Å²) < 4.78 is 24.0.